The van der Waals surface area contributed by atoms with Crippen LogP contribution in [0.25, 0.3) is 0 Å². The van der Waals surface area contributed by atoms with Crippen molar-refractivity contribution in [2.24, 2.45) is 0 Å². The van der Waals surface area contributed by atoms with Crippen LogP contribution in [0.2, 0.25) is 0 Å². The number of alkyl halides is 1. The molecule has 0 N–H and O–H groups in total. The third-order valence-electron chi connectivity index (χ3n) is 2.87. The second-order valence-electron chi connectivity index (χ2n) is 3.97. The van der Waals surface area contributed by atoms with Crippen molar-refractivity contribution in [1.29, 1.82) is 0 Å². The van der Waals surface area contributed by atoms with Gasteiger partial charge in [0, 0.05) is 4.47 Å². The molecule has 1 atom stereocenters. The first-order chi connectivity index (χ1) is 8.22. The van der Waals surface area contributed by atoms with Crippen molar-refractivity contribution in [1.82, 2.24) is 0 Å². The van der Waals surface area contributed by atoms with Gasteiger partial charge in [0.05, 0.1) is 4.83 Å². The summed E-state index contributed by atoms with van der Waals surface area (Å²) in [6, 6.07) is 17.1. The van der Waals surface area contributed by atoms with Crippen molar-refractivity contribution < 1.29 is 0 Å². The van der Waals surface area contributed by atoms with Gasteiger partial charge >= 0.3 is 0 Å². The lowest BCUT2D eigenvalue weighted by molar-refractivity contribution is 1.05. The minimum absolute atomic E-state index is 0.270. The van der Waals surface area contributed by atoms with E-state index in [-0.39, 0.29) is 4.83 Å². The van der Waals surface area contributed by atoms with E-state index in [1.165, 1.54) is 16.7 Å². The van der Waals surface area contributed by atoms with E-state index in [2.05, 4.69) is 87.3 Å². The quantitative estimate of drug-likeness (QED) is 0.639. The molecule has 2 heteroatoms. The molecule has 17 heavy (non-hydrogen) atoms. The third kappa shape index (κ3) is 2.99. The maximum atomic E-state index is 3.80. The van der Waals surface area contributed by atoms with Crippen molar-refractivity contribution >= 4 is 31.9 Å². The number of rotatable bonds is 3. The summed E-state index contributed by atoms with van der Waals surface area (Å²) >= 11 is 7.26. The van der Waals surface area contributed by atoms with Crippen molar-refractivity contribution in [3.05, 3.63) is 69.7 Å². The molecule has 0 aliphatic rings. The molecular weight excluding hydrogens is 340 g/mol. The highest BCUT2D eigenvalue weighted by Crippen LogP contribution is 2.33. The first-order valence-corrected chi connectivity index (χ1v) is 7.40. The molecular formula is C15H14Br2. The van der Waals surface area contributed by atoms with E-state index in [1.807, 2.05) is 0 Å². The van der Waals surface area contributed by atoms with Gasteiger partial charge in [0.1, 0.15) is 0 Å². The summed E-state index contributed by atoms with van der Waals surface area (Å²) in [5.74, 6) is 0. The Morgan fingerprint density at radius 3 is 2.29 bits per heavy atom. The molecule has 0 fully saturated rings. The molecule has 0 bridgehead atoms. The second-order valence-corrected chi connectivity index (χ2v) is 5.80. The van der Waals surface area contributed by atoms with Crippen LogP contribution in [-0.2, 0) is 6.42 Å². The molecule has 88 valence electrons. The number of aryl methyl sites for hydroxylation is 1. The molecule has 2 rings (SSSR count). The zero-order valence-corrected chi connectivity index (χ0v) is 12.8. The van der Waals surface area contributed by atoms with Crippen LogP contribution in [0.5, 0.6) is 0 Å². The van der Waals surface area contributed by atoms with Crippen LogP contribution in [0.15, 0.2) is 53.0 Å². The molecule has 0 amide bonds. The molecule has 0 saturated heterocycles. The van der Waals surface area contributed by atoms with E-state index >= 15 is 0 Å². The van der Waals surface area contributed by atoms with Gasteiger partial charge in [-0.05, 0) is 35.2 Å². The fourth-order valence-corrected chi connectivity index (χ4v) is 2.93. The maximum absolute atomic E-state index is 3.80. The Labute approximate surface area is 119 Å². The van der Waals surface area contributed by atoms with Crippen LogP contribution in [0.3, 0.4) is 0 Å². The first-order valence-electron chi connectivity index (χ1n) is 5.69. The standard InChI is InChI=1S/C15H14Br2/c1-2-11-5-3-4-6-14(11)15(17)12-7-9-13(16)10-8-12/h3-10,15H,2H2,1H3. The predicted molar refractivity (Wildman–Crippen MR) is 80.7 cm³/mol. The lowest BCUT2D eigenvalue weighted by Gasteiger charge is -2.14. The van der Waals surface area contributed by atoms with Crippen LogP contribution in [0.1, 0.15) is 28.4 Å². The highest BCUT2D eigenvalue weighted by Gasteiger charge is 2.12. The average Bonchev–Trinajstić information content (AvgIpc) is 2.39. The van der Waals surface area contributed by atoms with Crippen molar-refractivity contribution in [2.75, 3.05) is 0 Å². The molecule has 0 nitrogen and oxygen atoms in total. The van der Waals surface area contributed by atoms with E-state index in [0.29, 0.717) is 0 Å². The number of hydrogen-bond acceptors (Lipinski definition) is 0. The van der Waals surface area contributed by atoms with E-state index < -0.39 is 0 Å². The van der Waals surface area contributed by atoms with E-state index in [4.69, 9.17) is 0 Å². The van der Waals surface area contributed by atoms with Crippen LogP contribution in [0, 0.1) is 0 Å². The highest BCUT2D eigenvalue weighted by molar-refractivity contribution is 9.10. The Bertz CT molecular complexity index is 489. The fraction of sp³-hybridized carbons (Fsp3) is 0.200. The fourth-order valence-electron chi connectivity index (χ4n) is 1.91. The number of hydrogen-bond donors (Lipinski definition) is 0. The first kappa shape index (κ1) is 12.8. The van der Waals surface area contributed by atoms with Crippen LogP contribution < -0.4 is 0 Å². The molecule has 0 spiro atoms. The topological polar surface area (TPSA) is 0 Å². The van der Waals surface area contributed by atoms with Crippen molar-refractivity contribution in [3.63, 3.8) is 0 Å². The Balaban J connectivity index is 2.36. The minimum Gasteiger partial charge on any atom is -0.0786 e. The van der Waals surface area contributed by atoms with Gasteiger partial charge in [-0.15, -0.1) is 0 Å². The molecule has 2 aromatic carbocycles. The normalized spacial score (nSPS) is 12.4. The SMILES string of the molecule is CCc1ccccc1C(Br)c1ccc(Br)cc1. The van der Waals surface area contributed by atoms with E-state index in [9.17, 15) is 0 Å². The molecule has 0 heterocycles. The summed E-state index contributed by atoms with van der Waals surface area (Å²) in [5.41, 5.74) is 4.05. The summed E-state index contributed by atoms with van der Waals surface area (Å²) in [6.45, 7) is 2.19. The lowest BCUT2D eigenvalue weighted by Crippen LogP contribution is -1.97. The molecule has 0 aromatic heterocycles. The van der Waals surface area contributed by atoms with Gasteiger partial charge in [-0.25, -0.2) is 0 Å². The molecule has 1 unspecified atom stereocenters. The average molecular weight is 354 g/mol. The van der Waals surface area contributed by atoms with Gasteiger partial charge in [0.2, 0.25) is 0 Å². The Kier molecular flexibility index (Phi) is 4.41. The zero-order chi connectivity index (χ0) is 12.3. The van der Waals surface area contributed by atoms with Gasteiger partial charge < -0.3 is 0 Å². The summed E-state index contributed by atoms with van der Waals surface area (Å²) < 4.78 is 1.12. The Morgan fingerprint density at radius 1 is 1.00 bits per heavy atom. The largest absolute Gasteiger partial charge is 0.0786 e. The van der Waals surface area contributed by atoms with Gasteiger partial charge in [0.25, 0.3) is 0 Å². The van der Waals surface area contributed by atoms with Gasteiger partial charge in [0.15, 0.2) is 0 Å². The van der Waals surface area contributed by atoms with Crippen LogP contribution in [-0.4, -0.2) is 0 Å². The number of halogens is 2. The third-order valence-corrected chi connectivity index (χ3v) is 4.42. The molecule has 2 aromatic rings. The van der Waals surface area contributed by atoms with Crippen LogP contribution in [0.4, 0.5) is 0 Å². The molecule has 0 aliphatic carbocycles. The summed E-state index contributed by atoms with van der Waals surface area (Å²) in [6.07, 6.45) is 1.06. The smallest absolute Gasteiger partial charge is 0.0647 e. The lowest BCUT2D eigenvalue weighted by atomic mass is 9.98. The Morgan fingerprint density at radius 2 is 1.65 bits per heavy atom. The van der Waals surface area contributed by atoms with E-state index in [0.717, 1.165) is 10.9 Å². The van der Waals surface area contributed by atoms with Gasteiger partial charge in [-0.3, -0.25) is 0 Å². The molecule has 0 saturated carbocycles. The summed E-state index contributed by atoms with van der Waals surface area (Å²) in [4.78, 5) is 0.270. The predicted octanol–water partition coefficient (Wildman–Crippen LogP) is 5.50. The number of benzene rings is 2. The minimum atomic E-state index is 0.270. The van der Waals surface area contributed by atoms with E-state index in [1.54, 1.807) is 0 Å². The molecule has 0 radical (unpaired) electrons. The summed E-state index contributed by atoms with van der Waals surface area (Å²) in [7, 11) is 0. The van der Waals surface area contributed by atoms with Gasteiger partial charge in [-0.1, -0.05) is 75.2 Å². The molecule has 0 aliphatic heterocycles. The Hall–Kier alpha value is -0.600. The van der Waals surface area contributed by atoms with Gasteiger partial charge in [-0.2, -0.15) is 0 Å². The maximum Gasteiger partial charge on any atom is 0.0647 e. The zero-order valence-electron chi connectivity index (χ0n) is 9.66. The highest BCUT2D eigenvalue weighted by atomic mass is 79.9. The summed E-state index contributed by atoms with van der Waals surface area (Å²) in [5, 5.41) is 0. The monoisotopic (exact) mass is 352 g/mol. The van der Waals surface area contributed by atoms with Crippen molar-refractivity contribution in [3.8, 4) is 0 Å². The van der Waals surface area contributed by atoms with Crippen molar-refractivity contribution in [2.45, 2.75) is 18.2 Å². The second kappa shape index (κ2) is 5.83. The van der Waals surface area contributed by atoms with Crippen LogP contribution >= 0.6 is 31.9 Å².